The topological polar surface area (TPSA) is 52.6 Å². The third-order valence-corrected chi connectivity index (χ3v) is 1.11. The number of hydrogen-bond donors (Lipinski definition) is 0. The summed E-state index contributed by atoms with van der Waals surface area (Å²) in [7, 11) is 0. The maximum absolute atomic E-state index is 9.93. The minimum Gasteiger partial charge on any atom is -0.789 e. The van der Waals surface area contributed by atoms with Crippen LogP contribution < -0.4 is 0 Å². The fourth-order valence-corrected chi connectivity index (χ4v) is 0.537. The number of rotatable bonds is 4. The summed E-state index contributed by atoms with van der Waals surface area (Å²) in [6.07, 6.45) is 0. The molecule has 0 aromatic carbocycles. The number of ether oxygens (including phenoxy) is 2. The zero-order chi connectivity index (χ0) is 11.4. The summed E-state index contributed by atoms with van der Waals surface area (Å²) in [5, 5.41) is 0. The molecule has 102 valence electrons. The van der Waals surface area contributed by atoms with E-state index < -0.39 is 0 Å². The zero-order valence-corrected chi connectivity index (χ0v) is 13.3. The van der Waals surface area contributed by atoms with Crippen molar-refractivity contribution in [2.45, 2.75) is 28.7 Å². The van der Waals surface area contributed by atoms with Gasteiger partial charge in [0.2, 0.25) is 0 Å². The Bertz CT molecular complexity index is 150. The molecule has 7 heteroatoms. The molecule has 0 bridgehead atoms. The second-order valence-corrected chi connectivity index (χ2v) is 2.90. The van der Waals surface area contributed by atoms with Crippen LogP contribution in [0.1, 0.15) is 28.7 Å². The molecule has 0 fully saturated rings. The van der Waals surface area contributed by atoms with E-state index in [0.29, 0.717) is 24.7 Å². The minimum absolute atomic E-state index is 0. The average Bonchev–Trinajstić information content (AvgIpc) is 2.12. The van der Waals surface area contributed by atoms with Crippen LogP contribution in [0.5, 0.6) is 0 Å². The molecule has 17 heavy (non-hydrogen) atoms. The van der Waals surface area contributed by atoms with Gasteiger partial charge in [0.1, 0.15) is 0 Å². The molecule has 0 aliphatic carbocycles. The summed E-state index contributed by atoms with van der Waals surface area (Å²) in [4.78, 5) is 19.9. The summed E-state index contributed by atoms with van der Waals surface area (Å²) < 4.78 is 8.90. The van der Waals surface area contributed by atoms with Crippen molar-refractivity contribution in [3.8, 4) is 0 Å². The van der Waals surface area contributed by atoms with Crippen molar-refractivity contribution >= 4 is 61.1 Å². The fourth-order valence-electron chi connectivity index (χ4n) is 0.371. The van der Waals surface area contributed by atoms with Crippen LogP contribution in [0.2, 0.25) is 0 Å². The van der Waals surface area contributed by atoms with E-state index >= 15 is 0 Å². The van der Waals surface area contributed by atoms with Gasteiger partial charge in [-0.3, -0.25) is 9.59 Å². The normalized spacial score (nSPS) is 6.82. The summed E-state index contributed by atoms with van der Waals surface area (Å²) >= 11 is 8.99. The fraction of sp³-hybridized carbons (Fsp3) is 0.800. The maximum Gasteiger partial charge on any atom is 2.00 e. The Labute approximate surface area is 133 Å². The molecule has 0 amide bonds. The third-order valence-electron chi connectivity index (χ3n) is 0.777. The monoisotopic (exact) mass is 390 g/mol. The van der Waals surface area contributed by atoms with Crippen LogP contribution in [0, 0.1) is 0 Å². The Hall–Kier alpha value is 0.439. The molecule has 0 aromatic rings. The molecule has 0 aliphatic heterocycles. The van der Waals surface area contributed by atoms with Gasteiger partial charge in [-0.25, -0.2) is 0 Å². The number of esters is 2. The molecular formula is C10H22O4S2Sn. The van der Waals surface area contributed by atoms with Gasteiger partial charge in [-0.2, -0.15) is 0 Å². The molecule has 0 rings (SSSR count). The number of hydrogen-bond acceptors (Lipinski definition) is 6. The Morgan fingerprint density at radius 1 is 0.882 bits per heavy atom. The van der Waals surface area contributed by atoms with E-state index in [4.69, 9.17) is 0 Å². The van der Waals surface area contributed by atoms with Crippen LogP contribution >= 0.6 is 0 Å². The first-order valence-electron chi connectivity index (χ1n) is 3.97. The molecule has 0 heterocycles. The Morgan fingerprint density at radius 2 is 1.12 bits per heavy atom. The Morgan fingerprint density at radius 3 is 1.18 bits per heavy atom. The van der Waals surface area contributed by atoms with Crippen molar-refractivity contribution in [2.75, 3.05) is 24.7 Å². The van der Waals surface area contributed by atoms with E-state index in [0.717, 1.165) is 0 Å². The van der Waals surface area contributed by atoms with E-state index in [1.54, 1.807) is 0 Å². The van der Waals surface area contributed by atoms with Crippen LogP contribution in [0.25, 0.3) is 0 Å². The van der Waals surface area contributed by atoms with E-state index in [-0.39, 0.29) is 50.7 Å². The van der Waals surface area contributed by atoms with Crippen LogP contribution in [0.4, 0.5) is 0 Å². The average molecular weight is 389 g/mol. The summed E-state index contributed by atoms with van der Waals surface area (Å²) in [6, 6.07) is 0. The SMILES string of the molecule is C.C.CC(=O)OCC[S-].CC(=O)OCC[S-].[Sn+2]. The van der Waals surface area contributed by atoms with E-state index in [1.165, 1.54) is 13.8 Å². The van der Waals surface area contributed by atoms with Gasteiger partial charge in [0.05, 0.1) is 13.2 Å². The Balaban J connectivity index is -0.0000000480. The smallest absolute Gasteiger partial charge is 0.789 e. The molecule has 0 aliphatic rings. The summed E-state index contributed by atoms with van der Waals surface area (Å²) in [6.45, 7) is 3.46. The first kappa shape index (κ1) is 30.5. The third kappa shape index (κ3) is 48.1. The van der Waals surface area contributed by atoms with Crippen LogP contribution in [0.3, 0.4) is 0 Å². The molecule has 0 N–H and O–H groups in total. The molecule has 0 saturated heterocycles. The summed E-state index contributed by atoms with van der Waals surface area (Å²) in [5.41, 5.74) is 0. The zero-order valence-electron chi connectivity index (χ0n) is 8.78. The van der Waals surface area contributed by atoms with Gasteiger partial charge in [0.15, 0.2) is 0 Å². The van der Waals surface area contributed by atoms with Gasteiger partial charge in [-0.05, 0) is 0 Å². The second kappa shape index (κ2) is 25.3. The van der Waals surface area contributed by atoms with E-state index in [2.05, 4.69) is 34.7 Å². The van der Waals surface area contributed by atoms with Crippen LogP contribution in [-0.2, 0) is 44.3 Å². The molecule has 0 unspecified atom stereocenters. The van der Waals surface area contributed by atoms with Crippen LogP contribution in [0.15, 0.2) is 0 Å². The largest absolute Gasteiger partial charge is 2.00 e. The first-order valence-corrected chi connectivity index (χ1v) is 5.13. The van der Waals surface area contributed by atoms with Gasteiger partial charge >= 0.3 is 35.8 Å². The number of carbonyl (C=O) groups is 2. The molecule has 4 nitrogen and oxygen atoms in total. The summed E-state index contributed by atoms with van der Waals surface area (Å²) in [5.74, 6) is 0.453. The Kier molecular flexibility index (Phi) is 45.4. The van der Waals surface area contributed by atoms with Crippen molar-refractivity contribution in [2.24, 2.45) is 0 Å². The van der Waals surface area contributed by atoms with Crippen molar-refractivity contribution < 1.29 is 19.1 Å². The molecule has 0 aromatic heterocycles. The van der Waals surface area contributed by atoms with Crippen molar-refractivity contribution in [1.82, 2.24) is 0 Å². The van der Waals surface area contributed by atoms with Crippen LogP contribution in [-0.4, -0.2) is 60.6 Å². The second-order valence-electron chi connectivity index (χ2n) is 2.09. The predicted molar refractivity (Wildman–Crippen MR) is 76.9 cm³/mol. The van der Waals surface area contributed by atoms with Gasteiger partial charge < -0.3 is 34.7 Å². The van der Waals surface area contributed by atoms with Gasteiger partial charge in [0.25, 0.3) is 0 Å². The molecular weight excluding hydrogens is 367 g/mol. The molecule has 0 atom stereocenters. The van der Waals surface area contributed by atoms with Gasteiger partial charge in [0, 0.05) is 13.8 Å². The molecule has 0 saturated carbocycles. The minimum atomic E-state index is -0.259. The molecule has 2 radical (unpaired) electrons. The standard InChI is InChI=1S/2C4H8O2S.2CH4.Sn/c2*1-4(5)6-2-3-7;;;/h2*7H,2-3H2,1H3;2*1H4;/q;;;;+2/p-2. The van der Waals surface area contributed by atoms with E-state index in [1.807, 2.05) is 0 Å². The number of carbonyl (C=O) groups excluding carboxylic acids is 2. The maximum atomic E-state index is 9.93. The van der Waals surface area contributed by atoms with Crippen molar-refractivity contribution in [3.05, 3.63) is 0 Å². The van der Waals surface area contributed by atoms with Gasteiger partial charge in [-0.15, -0.1) is 11.5 Å². The molecule has 0 spiro atoms. The first-order chi connectivity index (χ1) is 6.54. The van der Waals surface area contributed by atoms with Crippen molar-refractivity contribution in [1.29, 1.82) is 0 Å². The van der Waals surface area contributed by atoms with Crippen molar-refractivity contribution in [3.63, 3.8) is 0 Å². The predicted octanol–water partition coefficient (Wildman–Crippen LogP) is 1.08. The quantitative estimate of drug-likeness (QED) is 0.408. The van der Waals surface area contributed by atoms with E-state index in [9.17, 15) is 9.59 Å². The van der Waals surface area contributed by atoms with Gasteiger partial charge in [-0.1, -0.05) is 14.9 Å².